The van der Waals surface area contributed by atoms with Crippen molar-refractivity contribution >= 4 is 29.0 Å². The van der Waals surface area contributed by atoms with Crippen LogP contribution >= 0.6 is 0 Å². The van der Waals surface area contributed by atoms with Crippen LogP contribution in [0.15, 0.2) is 66.2 Å². The number of hydrogen-bond acceptors (Lipinski definition) is 6. The van der Waals surface area contributed by atoms with Gasteiger partial charge in [0.1, 0.15) is 5.76 Å². The first kappa shape index (κ1) is 23.2. The third kappa shape index (κ3) is 4.17. The SMILES string of the molecule is Cc1ccc(N2C(=O)C(=O)C(=C(O)c3cccc(N(C)C)c3)C2c2ccc(C(C)C)cc2)nn1. The number of aromatic nitrogens is 2. The summed E-state index contributed by atoms with van der Waals surface area (Å²) in [6.07, 6.45) is 0. The van der Waals surface area contributed by atoms with Crippen LogP contribution < -0.4 is 9.80 Å². The lowest BCUT2D eigenvalue weighted by Crippen LogP contribution is -2.30. The fourth-order valence-electron chi connectivity index (χ4n) is 4.05. The van der Waals surface area contributed by atoms with Gasteiger partial charge in [0, 0.05) is 25.3 Å². The van der Waals surface area contributed by atoms with Gasteiger partial charge in [0.15, 0.2) is 5.82 Å². The van der Waals surface area contributed by atoms with Gasteiger partial charge in [-0.3, -0.25) is 14.5 Å². The van der Waals surface area contributed by atoms with E-state index in [4.69, 9.17) is 0 Å². The summed E-state index contributed by atoms with van der Waals surface area (Å²) in [7, 11) is 3.79. The van der Waals surface area contributed by atoms with Crippen LogP contribution in [0, 0.1) is 6.92 Å². The Labute approximate surface area is 199 Å². The fraction of sp³-hybridized carbons (Fsp3) is 0.259. The van der Waals surface area contributed by atoms with Crippen LogP contribution in [-0.2, 0) is 9.59 Å². The number of carbonyl (C=O) groups is 2. The Morgan fingerprint density at radius 3 is 2.29 bits per heavy atom. The number of rotatable bonds is 5. The lowest BCUT2D eigenvalue weighted by atomic mass is 9.93. The molecule has 174 valence electrons. The summed E-state index contributed by atoms with van der Waals surface area (Å²) in [6.45, 7) is 5.99. The number of aryl methyl sites for hydroxylation is 1. The monoisotopic (exact) mass is 456 g/mol. The van der Waals surface area contributed by atoms with Crippen LogP contribution in [0.4, 0.5) is 11.5 Å². The molecule has 7 heteroatoms. The van der Waals surface area contributed by atoms with E-state index in [-0.39, 0.29) is 17.2 Å². The van der Waals surface area contributed by atoms with Crippen molar-refractivity contribution in [1.82, 2.24) is 10.2 Å². The van der Waals surface area contributed by atoms with Crippen LogP contribution in [0.3, 0.4) is 0 Å². The molecule has 1 aliphatic rings. The highest BCUT2D eigenvalue weighted by Crippen LogP contribution is 2.42. The van der Waals surface area contributed by atoms with Crippen LogP contribution in [0.2, 0.25) is 0 Å². The summed E-state index contributed by atoms with van der Waals surface area (Å²) >= 11 is 0. The average Bonchev–Trinajstić information content (AvgIpc) is 3.09. The molecule has 0 spiro atoms. The largest absolute Gasteiger partial charge is 0.507 e. The van der Waals surface area contributed by atoms with Gasteiger partial charge in [0.25, 0.3) is 5.78 Å². The minimum absolute atomic E-state index is 0.0283. The summed E-state index contributed by atoms with van der Waals surface area (Å²) in [5, 5.41) is 19.6. The average molecular weight is 457 g/mol. The molecule has 34 heavy (non-hydrogen) atoms. The molecule has 3 aromatic rings. The van der Waals surface area contributed by atoms with E-state index in [9.17, 15) is 14.7 Å². The predicted molar refractivity (Wildman–Crippen MR) is 133 cm³/mol. The molecular weight excluding hydrogens is 428 g/mol. The maximum Gasteiger partial charge on any atom is 0.301 e. The quantitative estimate of drug-likeness (QED) is 0.343. The number of nitrogens with zero attached hydrogens (tertiary/aromatic N) is 4. The molecule has 0 bridgehead atoms. The second-order valence-electron chi connectivity index (χ2n) is 8.97. The van der Waals surface area contributed by atoms with Gasteiger partial charge >= 0.3 is 5.91 Å². The Balaban J connectivity index is 1.92. The fourth-order valence-corrected chi connectivity index (χ4v) is 4.05. The Kier molecular flexibility index (Phi) is 6.20. The summed E-state index contributed by atoms with van der Waals surface area (Å²) in [4.78, 5) is 29.7. The first-order valence-corrected chi connectivity index (χ1v) is 11.2. The first-order valence-electron chi connectivity index (χ1n) is 11.2. The zero-order valence-corrected chi connectivity index (χ0v) is 20.0. The zero-order valence-electron chi connectivity index (χ0n) is 20.0. The Morgan fingerprint density at radius 1 is 1.00 bits per heavy atom. The van der Waals surface area contributed by atoms with Crippen molar-refractivity contribution in [2.24, 2.45) is 0 Å². The van der Waals surface area contributed by atoms with Gasteiger partial charge in [0.05, 0.1) is 17.3 Å². The topological polar surface area (TPSA) is 86.6 Å². The van der Waals surface area contributed by atoms with Gasteiger partial charge in [0.2, 0.25) is 0 Å². The van der Waals surface area contributed by atoms with Crippen LogP contribution in [0.5, 0.6) is 0 Å². The third-order valence-corrected chi connectivity index (χ3v) is 6.03. The van der Waals surface area contributed by atoms with E-state index in [2.05, 4.69) is 24.0 Å². The summed E-state index contributed by atoms with van der Waals surface area (Å²) in [5.41, 5.74) is 3.88. The molecule has 0 radical (unpaired) electrons. The van der Waals surface area contributed by atoms with Crippen LogP contribution in [0.1, 0.15) is 48.2 Å². The molecule has 2 aromatic carbocycles. The summed E-state index contributed by atoms with van der Waals surface area (Å²) in [5.74, 6) is -1.14. The molecule has 1 unspecified atom stereocenters. The van der Waals surface area contributed by atoms with Gasteiger partial charge in [-0.2, -0.15) is 5.10 Å². The lowest BCUT2D eigenvalue weighted by molar-refractivity contribution is -0.132. The Bertz CT molecular complexity index is 1260. The van der Waals surface area contributed by atoms with Gasteiger partial charge in [-0.1, -0.05) is 50.2 Å². The van der Waals surface area contributed by atoms with E-state index in [1.54, 1.807) is 37.3 Å². The van der Waals surface area contributed by atoms with Crippen molar-refractivity contribution in [2.45, 2.75) is 32.7 Å². The molecule has 1 atom stereocenters. The van der Waals surface area contributed by atoms with E-state index >= 15 is 0 Å². The van der Waals surface area contributed by atoms with Gasteiger partial charge < -0.3 is 10.0 Å². The summed E-state index contributed by atoms with van der Waals surface area (Å²) in [6, 6.07) is 17.5. The zero-order chi connectivity index (χ0) is 24.6. The van der Waals surface area contributed by atoms with E-state index < -0.39 is 17.7 Å². The second-order valence-corrected chi connectivity index (χ2v) is 8.97. The van der Waals surface area contributed by atoms with E-state index in [0.29, 0.717) is 22.7 Å². The minimum atomic E-state index is -0.832. The van der Waals surface area contributed by atoms with Gasteiger partial charge in [-0.15, -0.1) is 5.10 Å². The molecule has 1 aromatic heterocycles. The highest BCUT2D eigenvalue weighted by Gasteiger charge is 2.47. The molecule has 1 fully saturated rings. The first-order chi connectivity index (χ1) is 16.2. The molecule has 4 rings (SSSR count). The number of carbonyl (C=O) groups excluding carboxylic acids is 2. The van der Waals surface area contributed by atoms with Gasteiger partial charge in [-0.25, -0.2) is 0 Å². The maximum atomic E-state index is 13.3. The van der Waals surface area contributed by atoms with Crippen molar-refractivity contribution in [1.29, 1.82) is 0 Å². The lowest BCUT2D eigenvalue weighted by Gasteiger charge is -2.24. The van der Waals surface area contributed by atoms with E-state index in [1.165, 1.54) is 4.90 Å². The second kappa shape index (κ2) is 9.09. The number of ketones is 1. The number of benzene rings is 2. The number of hydrogen-bond donors (Lipinski definition) is 1. The highest BCUT2D eigenvalue weighted by atomic mass is 16.3. The predicted octanol–water partition coefficient (Wildman–Crippen LogP) is 4.60. The summed E-state index contributed by atoms with van der Waals surface area (Å²) < 4.78 is 0. The number of anilines is 2. The normalized spacial score (nSPS) is 17.5. The van der Waals surface area contributed by atoms with Crippen molar-refractivity contribution in [3.05, 3.63) is 88.6 Å². The highest BCUT2D eigenvalue weighted by molar-refractivity contribution is 6.51. The molecule has 7 nitrogen and oxygen atoms in total. The molecule has 1 N–H and O–H groups in total. The number of amides is 1. The Morgan fingerprint density at radius 2 is 1.71 bits per heavy atom. The third-order valence-electron chi connectivity index (χ3n) is 6.03. The molecule has 0 saturated carbocycles. The number of aliphatic hydroxyl groups is 1. The van der Waals surface area contributed by atoms with Crippen LogP contribution in [-0.4, -0.2) is 41.1 Å². The van der Waals surface area contributed by atoms with E-state index in [1.807, 2.05) is 49.3 Å². The number of aliphatic hydroxyl groups excluding tert-OH is 1. The smallest absolute Gasteiger partial charge is 0.301 e. The van der Waals surface area contributed by atoms with Gasteiger partial charge in [-0.05, 0) is 48.2 Å². The van der Waals surface area contributed by atoms with Crippen molar-refractivity contribution in [3.63, 3.8) is 0 Å². The molecule has 1 aliphatic heterocycles. The standard InChI is InChI=1S/C27H28N4O3/c1-16(2)18-10-12-19(13-11-18)24-23(25(32)20-7-6-8-21(15-20)30(4)5)26(33)27(34)31(24)22-14-9-17(3)28-29-22/h6-16,24,32H,1-5H3. The minimum Gasteiger partial charge on any atom is -0.507 e. The number of Topliss-reactive ketones (excluding diaryl/α,β-unsaturated/α-hetero) is 1. The van der Waals surface area contributed by atoms with Crippen molar-refractivity contribution < 1.29 is 14.7 Å². The molecule has 1 amide bonds. The molecule has 0 aliphatic carbocycles. The van der Waals surface area contributed by atoms with E-state index in [0.717, 1.165) is 11.3 Å². The van der Waals surface area contributed by atoms with Crippen molar-refractivity contribution in [2.75, 3.05) is 23.9 Å². The van der Waals surface area contributed by atoms with Crippen LogP contribution in [0.25, 0.3) is 5.76 Å². The van der Waals surface area contributed by atoms with Crippen molar-refractivity contribution in [3.8, 4) is 0 Å². The molecule has 1 saturated heterocycles. The Hall–Kier alpha value is -4.00. The maximum absolute atomic E-state index is 13.3. The molecular formula is C27H28N4O3. The molecule has 2 heterocycles.